The highest BCUT2D eigenvalue weighted by Gasteiger charge is 2.18. The van der Waals surface area contributed by atoms with Gasteiger partial charge in [-0.2, -0.15) is 5.26 Å². The van der Waals surface area contributed by atoms with Gasteiger partial charge >= 0.3 is 0 Å². The molecule has 0 aliphatic rings. The minimum Gasteiger partial charge on any atom is -0.341 e. The van der Waals surface area contributed by atoms with Crippen molar-refractivity contribution >= 4 is 28.2 Å². The summed E-state index contributed by atoms with van der Waals surface area (Å²) in [5.74, 6) is 0.875. The predicted octanol–water partition coefficient (Wildman–Crippen LogP) is 6.39. The summed E-state index contributed by atoms with van der Waals surface area (Å²) in [6.07, 6.45) is 0. The molecule has 0 radical (unpaired) electrons. The van der Waals surface area contributed by atoms with Crippen LogP contribution in [0.15, 0.2) is 78.9 Å². The SMILES string of the molecule is Cc1ccc(Nc2cc(-c3ccccc3)c(C#N)c3nc4ccccc4n23)cc1C. The second-order valence-electron chi connectivity index (χ2n) is 7.48. The van der Waals surface area contributed by atoms with Crippen LogP contribution in [0.25, 0.3) is 27.8 Å². The van der Waals surface area contributed by atoms with Gasteiger partial charge in [0.1, 0.15) is 17.5 Å². The first kappa shape index (κ1) is 18.0. The summed E-state index contributed by atoms with van der Waals surface area (Å²) in [4.78, 5) is 4.81. The van der Waals surface area contributed by atoms with E-state index in [1.54, 1.807) is 0 Å². The maximum Gasteiger partial charge on any atom is 0.158 e. The topological polar surface area (TPSA) is 53.1 Å². The maximum atomic E-state index is 10.0. The van der Waals surface area contributed by atoms with Gasteiger partial charge in [-0.25, -0.2) is 4.98 Å². The van der Waals surface area contributed by atoms with Crippen LogP contribution < -0.4 is 5.32 Å². The highest BCUT2D eigenvalue weighted by molar-refractivity contribution is 5.90. The highest BCUT2D eigenvalue weighted by atomic mass is 15.1. The first-order chi connectivity index (χ1) is 14.7. The molecule has 2 aromatic heterocycles. The van der Waals surface area contributed by atoms with Crippen LogP contribution in [0.1, 0.15) is 16.7 Å². The molecule has 5 rings (SSSR count). The molecular formula is C26H20N4. The normalized spacial score (nSPS) is 11.0. The van der Waals surface area contributed by atoms with Gasteiger partial charge in [-0.3, -0.25) is 4.40 Å². The molecule has 0 atom stereocenters. The zero-order chi connectivity index (χ0) is 20.7. The lowest BCUT2D eigenvalue weighted by Crippen LogP contribution is -2.02. The zero-order valence-electron chi connectivity index (χ0n) is 16.8. The number of nitriles is 1. The summed E-state index contributed by atoms with van der Waals surface area (Å²) in [5, 5.41) is 13.6. The largest absolute Gasteiger partial charge is 0.341 e. The summed E-state index contributed by atoms with van der Waals surface area (Å²) in [6.45, 7) is 4.22. The van der Waals surface area contributed by atoms with Crippen molar-refractivity contribution in [3.63, 3.8) is 0 Å². The average molecular weight is 388 g/mol. The quantitative estimate of drug-likeness (QED) is 0.390. The van der Waals surface area contributed by atoms with E-state index in [1.165, 1.54) is 11.1 Å². The summed E-state index contributed by atoms with van der Waals surface area (Å²) in [5.41, 5.74) is 8.40. The number of nitrogens with zero attached hydrogens (tertiary/aromatic N) is 3. The molecule has 4 nitrogen and oxygen atoms in total. The number of fused-ring (bicyclic) bond motifs is 3. The van der Waals surface area contributed by atoms with Gasteiger partial charge in [0, 0.05) is 11.3 Å². The predicted molar refractivity (Wildman–Crippen MR) is 122 cm³/mol. The van der Waals surface area contributed by atoms with Crippen molar-refractivity contribution in [3.05, 3.63) is 95.6 Å². The summed E-state index contributed by atoms with van der Waals surface area (Å²) < 4.78 is 2.04. The van der Waals surface area contributed by atoms with Gasteiger partial charge in [-0.05, 0) is 60.9 Å². The highest BCUT2D eigenvalue weighted by Crippen LogP contribution is 2.34. The van der Waals surface area contributed by atoms with Crippen LogP contribution in [0.3, 0.4) is 0 Å². The lowest BCUT2D eigenvalue weighted by molar-refractivity contribution is 1.21. The molecular weight excluding hydrogens is 368 g/mol. The number of para-hydroxylation sites is 2. The molecule has 0 unspecified atom stereocenters. The molecule has 30 heavy (non-hydrogen) atoms. The second kappa shape index (κ2) is 7.06. The van der Waals surface area contributed by atoms with Gasteiger partial charge in [-0.15, -0.1) is 0 Å². The van der Waals surface area contributed by atoms with Crippen molar-refractivity contribution in [1.29, 1.82) is 5.26 Å². The number of imidazole rings is 1. The number of hydrogen-bond donors (Lipinski definition) is 1. The number of aryl methyl sites for hydroxylation is 2. The fraction of sp³-hybridized carbons (Fsp3) is 0.0769. The molecule has 0 spiro atoms. The van der Waals surface area contributed by atoms with Crippen molar-refractivity contribution in [2.75, 3.05) is 5.32 Å². The fourth-order valence-electron chi connectivity index (χ4n) is 3.85. The van der Waals surface area contributed by atoms with Crippen LogP contribution in [-0.2, 0) is 0 Å². The molecule has 0 saturated carbocycles. The minimum atomic E-state index is 0.572. The van der Waals surface area contributed by atoms with Gasteiger partial charge in [0.25, 0.3) is 0 Å². The Morgan fingerprint density at radius 2 is 1.63 bits per heavy atom. The van der Waals surface area contributed by atoms with E-state index in [9.17, 15) is 5.26 Å². The number of anilines is 2. The van der Waals surface area contributed by atoms with E-state index < -0.39 is 0 Å². The third kappa shape index (κ3) is 2.89. The second-order valence-corrected chi connectivity index (χ2v) is 7.48. The Labute approximate surface area is 175 Å². The molecule has 0 saturated heterocycles. The number of nitrogens with one attached hydrogen (secondary N) is 1. The molecule has 144 valence electrons. The Morgan fingerprint density at radius 1 is 0.867 bits per heavy atom. The van der Waals surface area contributed by atoms with E-state index in [2.05, 4.69) is 43.4 Å². The molecule has 0 fully saturated rings. The van der Waals surface area contributed by atoms with E-state index in [4.69, 9.17) is 4.98 Å². The molecule has 4 heteroatoms. The van der Waals surface area contributed by atoms with Crippen LogP contribution in [0, 0.1) is 25.2 Å². The van der Waals surface area contributed by atoms with Gasteiger partial charge in [0.05, 0.1) is 11.0 Å². The average Bonchev–Trinajstić information content (AvgIpc) is 3.16. The van der Waals surface area contributed by atoms with Crippen molar-refractivity contribution in [2.45, 2.75) is 13.8 Å². The van der Waals surface area contributed by atoms with Gasteiger partial charge in [0.15, 0.2) is 5.65 Å². The molecule has 3 aromatic carbocycles. The standard InChI is InChI=1S/C26H20N4/c1-17-12-13-20(14-18(17)2)28-25-15-21(19-8-4-3-5-9-19)22(16-27)26-29-23-10-6-7-11-24(23)30(25)26/h3-15,28H,1-2H3. The molecule has 0 aliphatic heterocycles. The minimum absolute atomic E-state index is 0.572. The van der Waals surface area contributed by atoms with E-state index in [0.29, 0.717) is 11.2 Å². The third-order valence-electron chi connectivity index (χ3n) is 5.55. The first-order valence-corrected chi connectivity index (χ1v) is 9.90. The number of rotatable bonds is 3. The smallest absolute Gasteiger partial charge is 0.158 e. The Bertz CT molecular complexity index is 1440. The number of benzene rings is 3. The lowest BCUT2D eigenvalue weighted by Gasteiger charge is -2.15. The van der Waals surface area contributed by atoms with E-state index in [0.717, 1.165) is 33.7 Å². The van der Waals surface area contributed by atoms with Crippen LogP contribution in [0.5, 0.6) is 0 Å². The van der Waals surface area contributed by atoms with Crippen LogP contribution in [0.4, 0.5) is 11.5 Å². The van der Waals surface area contributed by atoms with Crippen molar-refractivity contribution in [2.24, 2.45) is 0 Å². The summed E-state index contributed by atoms with van der Waals surface area (Å²) >= 11 is 0. The van der Waals surface area contributed by atoms with Crippen molar-refractivity contribution < 1.29 is 0 Å². The van der Waals surface area contributed by atoms with E-state index in [-0.39, 0.29) is 0 Å². The Hall–Kier alpha value is -4.10. The maximum absolute atomic E-state index is 10.0. The monoisotopic (exact) mass is 388 g/mol. The van der Waals surface area contributed by atoms with Gasteiger partial charge in [0.2, 0.25) is 0 Å². The molecule has 0 amide bonds. The summed E-state index contributed by atoms with van der Waals surface area (Å²) in [6, 6.07) is 28.7. The number of aromatic nitrogens is 2. The number of hydrogen-bond acceptors (Lipinski definition) is 3. The van der Waals surface area contributed by atoms with Gasteiger partial charge in [-0.1, -0.05) is 48.5 Å². The lowest BCUT2D eigenvalue weighted by atomic mass is 10.0. The molecule has 2 heterocycles. The van der Waals surface area contributed by atoms with Gasteiger partial charge < -0.3 is 5.32 Å². The van der Waals surface area contributed by atoms with Crippen molar-refractivity contribution in [3.8, 4) is 17.2 Å². The molecule has 5 aromatic rings. The molecule has 0 aliphatic carbocycles. The first-order valence-electron chi connectivity index (χ1n) is 9.90. The fourth-order valence-corrected chi connectivity index (χ4v) is 3.85. The molecule has 0 bridgehead atoms. The van der Waals surface area contributed by atoms with Crippen LogP contribution in [-0.4, -0.2) is 9.38 Å². The Kier molecular flexibility index (Phi) is 4.22. The summed E-state index contributed by atoms with van der Waals surface area (Å²) in [7, 11) is 0. The Balaban J connectivity index is 1.83. The van der Waals surface area contributed by atoms with Crippen LogP contribution >= 0.6 is 0 Å². The number of pyridine rings is 1. The molecule has 1 N–H and O–H groups in total. The third-order valence-corrected chi connectivity index (χ3v) is 5.55. The van der Waals surface area contributed by atoms with E-state index >= 15 is 0 Å². The zero-order valence-corrected chi connectivity index (χ0v) is 16.8. The van der Waals surface area contributed by atoms with E-state index in [1.807, 2.05) is 65.1 Å². The van der Waals surface area contributed by atoms with Crippen molar-refractivity contribution in [1.82, 2.24) is 9.38 Å². The van der Waals surface area contributed by atoms with Crippen LogP contribution in [0.2, 0.25) is 0 Å². The Morgan fingerprint density at radius 3 is 2.40 bits per heavy atom.